The molecule has 0 radical (unpaired) electrons. The highest BCUT2D eigenvalue weighted by atomic mass is 32.1. The van der Waals surface area contributed by atoms with Crippen molar-refractivity contribution in [1.82, 2.24) is 0 Å². The summed E-state index contributed by atoms with van der Waals surface area (Å²) in [5.41, 5.74) is 5.63. The molecule has 0 bridgehead atoms. The number of ether oxygens (including phenoxy) is 1. The van der Waals surface area contributed by atoms with Gasteiger partial charge in [-0.3, -0.25) is 0 Å². The summed E-state index contributed by atoms with van der Waals surface area (Å²) in [5.74, 6) is 0. The van der Waals surface area contributed by atoms with Crippen LogP contribution in [0.25, 0.3) is 0 Å². The zero-order valence-corrected chi connectivity index (χ0v) is 8.85. The molecule has 0 aliphatic rings. The monoisotopic (exact) mass is 199 g/mol. The van der Waals surface area contributed by atoms with E-state index in [1.165, 1.54) is 11.3 Å². The van der Waals surface area contributed by atoms with Gasteiger partial charge in [0.25, 0.3) is 0 Å². The molecule has 2 N–H and O–H groups in total. The van der Waals surface area contributed by atoms with Crippen molar-refractivity contribution in [3.05, 3.63) is 22.4 Å². The number of hydrogen-bond acceptors (Lipinski definition) is 3. The molecular weight excluding hydrogens is 182 g/mol. The molecule has 3 heteroatoms. The largest absolute Gasteiger partial charge is 0.371 e. The molecule has 0 aromatic carbocycles. The Bertz CT molecular complexity index is 211. The molecule has 1 unspecified atom stereocenters. The highest BCUT2D eigenvalue weighted by Crippen LogP contribution is 2.21. The number of unbranched alkanes of at least 4 members (excludes halogenated alkanes) is 1. The highest BCUT2D eigenvalue weighted by molar-refractivity contribution is 7.10. The normalized spacial score (nSPS) is 13.1. The number of nitrogens with two attached hydrogens (primary N) is 1. The van der Waals surface area contributed by atoms with Crippen molar-refractivity contribution in [2.45, 2.75) is 25.9 Å². The van der Waals surface area contributed by atoms with Crippen LogP contribution < -0.4 is 5.73 Å². The fourth-order valence-electron chi connectivity index (χ4n) is 1.11. The van der Waals surface area contributed by atoms with Gasteiger partial charge in [0, 0.05) is 18.0 Å². The smallest absolute Gasteiger partial charge is 0.104 e. The van der Waals surface area contributed by atoms with Crippen LogP contribution in [0, 0.1) is 0 Å². The minimum atomic E-state index is 0.103. The van der Waals surface area contributed by atoms with Crippen LogP contribution in [0.3, 0.4) is 0 Å². The lowest BCUT2D eigenvalue weighted by molar-refractivity contribution is 0.0590. The second-order valence-corrected chi connectivity index (χ2v) is 3.94. The van der Waals surface area contributed by atoms with E-state index in [0.717, 1.165) is 13.0 Å². The first-order valence-corrected chi connectivity index (χ1v) is 5.61. The van der Waals surface area contributed by atoms with E-state index in [4.69, 9.17) is 10.5 Å². The minimum absolute atomic E-state index is 0.103. The summed E-state index contributed by atoms with van der Waals surface area (Å²) in [6, 6.07) is 4.11. The van der Waals surface area contributed by atoms with Gasteiger partial charge in [-0.2, -0.15) is 0 Å². The van der Waals surface area contributed by atoms with E-state index < -0.39 is 0 Å². The molecule has 13 heavy (non-hydrogen) atoms. The topological polar surface area (TPSA) is 35.2 Å². The van der Waals surface area contributed by atoms with Gasteiger partial charge in [-0.05, 0) is 17.9 Å². The van der Waals surface area contributed by atoms with Gasteiger partial charge >= 0.3 is 0 Å². The van der Waals surface area contributed by atoms with Crippen molar-refractivity contribution in [3.8, 4) is 0 Å². The Labute approximate surface area is 83.7 Å². The third-order valence-corrected chi connectivity index (χ3v) is 2.86. The maximum atomic E-state index is 5.66. The van der Waals surface area contributed by atoms with Crippen molar-refractivity contribution < 1.29 is 4.74 Å². The molecule has 1 rings (SSSR count). The Kier molecular flexibility index (Phi) is 5.05. The SMILES string of the molecule is CCCCOC(CN)c1cccs1. The molecule has 0 spiro atoms. The third kappa shape index (κ3) is 3.46. The van der Waals surface area contributed by atoms with Crippen molar-refractivity contribution in [2.24, 2.45) is 5.73 Å². The summed E-state index contributed by atoms with van der Waals surface area (Å²) in [4.78, 5) is 1.23. The lowest BCUT2D eigenvalue weighted by Gasteiger charge is -2.13. The molecule has 0 amide bonds. The molecular formula is C10H17NOS. The van der Waals surface area contributed by atoms with E-state index in [0.29, 0.717) is 6.54 Å². The van der Waals surface area contributed by atoms with Gasteiger partial charge in [0.15, 0.2) is 0 Å². The molecule has 0 saturated carbocycles. The van der Waals surface area contributed by atoms with Crippen molar-refractivity contribution >= 4 is 11.3 Å². The second-order valence-electron chi connectivity index (χ2n) is 2.96. The van der Waals surface area contributed by atoms with Gasteiger partial charge in [0.2, 0.25) is 0 Å². The van der Waals surface area contributed by atoms with Crippen LogP contribution in [-0.2, 0) is 4.74 Å². The summed E-state index contributed by atoms with van der Waals surface area (Å²) in [6.07, 6.45) is 2.38. The van der Waals surface area contributed by atoms with Gasteiger partial charge in [-0.25, -0.2) is 0 Å². The van der Waals surface area contributed by atoms with Crippen LogP contribution in [0.2, 0.25) is 0 Å². The first kappa shape index (κ1) is 10.7. The summed E-state index contributed by atoms with van der Waals surface area (Å²) >= 11 is 1.71. The van der Waals surface area contributed by atoms with Crippen LogP contribution in [0.5, 0.6) is 0 Å². The maximum absolute atomic E-state index is 5.66. The lowest BCUT2D eigenvalue weighted by Crippen LogP contribution is -2.15. The average molecular weight is 199 g/mol. The van der Waals surface area contributed by atoms with E-state index in [-0.39, 0.29) is 6.10 Å². The first-order valence-electron chi connectivity index (χ1n) is 4.73. The molecule has 0 fully saturated rings. The van der Waals surface area contributed by atoms with Crippen molar-refractivity contribution in [3.63, 3.8) is 0 Å². The van der Waals surface area contributed by atoms with E-state index in [1.54, 1.807) is 11.3 Å². The zero-order chi connectivity index (χ0) is 9.52. The third-order valence-electron chi connectivity index (χ3n) is 1.89. The van der Waals surface area contributed by atoms with Crippen LogP contribution in [0.15, 0.2) is 17.5 Å². The Morgan fingerprint density at radius 3 is 3.00 bits per heavy atom. The average Bonchev–Trinajstić information content (AvgIpc) is 2.65. The van der Waals surface area contributed by atoms with Gasteiger partial charge in [-0.1, -0.05) is 19.4 Å². The van der Waals surface area contributed by atoms with Crippen molar-refractivity contribution in [2.75, 3.05) is 13.2 Å². The van der Waals surface area contributed by atoms with Gasteiger partial charge < -0.3 is 10.5 Å². The van der Waals surface area contributed by atoms with Crippen molar-refractivity contribution in [1.29, 1.82) is 0 Å². The predicted octanol–water partition coefficient (Wildman–Crippen LogP) is 2.56. The quantitative estimate of drug-likeness (QED) is 0.715. The van der Waals surface area contributed by atoms with Crippen LogP contribution >= 0.6 is 11.3 Å². The summed E-state index contributed by atoms with van der Waals surface area (Å²) in [6.45, 7) is 3.55. The van der Waals surface area contributed by atoms with Gasteiger partial charge in [-0.15, -0.1) is 11.3 Å². The molecule has 1 aromatic rings. The highest BCUT2D eigenvalue weighted by Gasteiger charge is 2.09. The summed E-state index contributed by atoms with van der Waals surface area (Å²) < 4.78 is 5.66. The molecule has 1 atom stereocenters. The Hall–Kier alpha value is -0.380. The molecule has 0 saturated heterocycles. The number of thiophene rings is 1. The minimum Gasteiger partial charge on any atom is -0.371 e. The summed E-state index contributed by atoms with van der Waals surface area (Å²) in [7, 11) is 0. The standard InChI is InChI=1S/C10H17NOS/c1-2-3-6-12-9(8-11)10-5-4-7-13-10/h4-5,7,9H,2-3,6,8,11H2,1H3. The molecule has 74 valence electrons. The molecule has 2 nitrogen and oxygen atoms in total. The van der Waals surface area contributed by atoms with Gasteiger partial charge in [0.1, 0.15) is 6.10 Å². The first-order chi connectivity index (χ1) is 6.38. The van der Waals surface area contributed by atoms with Crippen LogP contribution in [0.4, 0.5) is 0 Å². The fourth-order valence-corrected chi connectivity index (χ4v) is 1.90. The molecule has 1 aromatic heterocycles. The number of rotatable bonds is 6. The fraction of sp³-hybridized carbons (Fsp3) is 0.600. The summed E-state index contributed by atoms with van der Waals surface area (Å²) in [5, 5.41) is 2.06. The lowest BCUT2D eigenvalue weighted by atomic mass is 10.3. The zero-order valence-electron chi connectivity index (χ0n) is 8.03. The maximum Gasteiger partial charge on any atom is 0.104 e. The van der Waals surface area contributed by atoms with E-state index in [2.05, 4.69) is 18.4 Å². The van der Waals surface area contributed by atoms with Gasteiger partial charge in [0.05, 0.1) is 0 Å². The van der Waals surface area contributed by atoms with E-state index in [9.17, 15) is 0 Å². The van der Waals surface area contributed by atoms with E-state index in [1.807, 2.05) is 6.07 Å². The Morgan fingerprint density at radius 2 is 2.46 bits per heavy atom. The molecule has 1 heterocycles. The molecule has 0 aliphatic heterocycles. The predicted molar refractivity (Wildman–Crippen MR) is 57.0 cm³/mol. The number of hydrogen-bond donors (Lipinski definition) is 1. The Balaban J connectivity index is 2.35. The second kappa shape index (κ2) is 6.13. The molecule has 0 aliphatic carbocycles. The van der Waals surface area contributed by atoms with Crippen LogP contribution in [-0.4, -0.2) is 13.2 Å². The Morgan fingerprint density at radius 1 is 1.62 bits per heavy atom. The van der Waals surface area contributed by atoms with E-state index >= 15 is 0 Å². The van der Waals surface area contributed by atoms with Crippen LogP contribution in [0.1, 0.15) is 30.7 Å².